The molecule has 1 saturated heterocycles. The second-order valence-corrected chi connectivity index (χ2v) is 8.84. The maximum absolute atomic E-state index is 13.8. The molecule has 1 aromatic carbocycles. The minimum absolute atomic E-state index is 0.0566. The van der Waals surface area contributed by atoms with Gasteiger partial charge in [-0.2, -0.15) is 0 Å². The summed E-state index contributed by atoms with van der Waals surface area (Å²) in [6.07, 6.45) is 2.17. The molecular formula is C18H19FN2O3S. The van der Waals surface area contributed by atoms with Crippen LogP contribution in [0, 0.1) is 5.82 Å². The summed E-state index contributed by atoms with van der Waals surface area (Å²) in [6, 6.07) is 9.59. The van der Waals surface area contributed by atoms with Crippen LogP contribution in [-0.2, 0) is 16.3 Å². The highest BCUT2D eigenvalue weighted by Crippen LogP contribution is 2.23. The second kappa shape index (κ2) is 6.55. The number of nitrogens with zero attached hydrogens (tertiary/aromatic N) is 1. The van der Waals surface area contributed by atoms with E-state index in [0.29, 0.717) is 23.2 Å². The Balaban J connectivity index is 1.75. The normalized spacial score (nSPS) is 21.8. The molecule has 25 heavy (non-hydrogen) atoms. The number of sulfone groups is 1. The number of amides is 1. The Morgan fingerprint density at radius 1 is 1.32 bits per heavy atom. The third-order valence-corrected chi connectivity index (χ3v) is 6.23. The largest absolute Gasteiger partial charge is 0.346 e. The Morgan fingerprint density at radius 3 is 2.76 bits per heavy atom. The molecule has 0 radical (unpaired) electrons. The van der Waals surface area contributed by atoms with Crippen molar-refractivity contribution >= 4 is 15.7 Å². The van der Waals surface area contributed by atoms with E-state index in [-0.39, 0.29) is 29.7 Å². The highest BCUT2D eigenvalue weighted by Gasteiger charge is 2.39. The van der Waals surface area contributed by atoms with E-state index in [1.54, 1.807) is 37.3 Å². The van der Waals surface area contributed by atoms with Crippen LogP contribution in [0.3, 0.4) is 0 Å². The molecule has 5 nitrogen and oxygen atoms in total. The summed E-state index contributed by atoms with van der Waals surface area (Å²) in [5.74, 6) is -0.642. The molecule has 0 unspecified atom stereocenters. The summed E-state index contributed by atoms with van der Waals surface area (Å²) in [7, 11) is -3.10. The molecule has 2 heterocycles. The lowest BCUT2D eigenvalue weighted by Gasteiger charge is -2.24. The summed E-state index contributed by atoms with van der Waals surface area (Å²) in [6.45, 7) is 1.73. The molecule has 7 heteroatoms. The van der Waals surface area contributed by atoms with Crippen LogP contribution in [0.5, 0.6) is 0 Å². The van der Waals surface area contributed by atoms with Gasteiger partial charge in [0.25, 0.3) is 5.91 Å². The van der Waals surface area contributed by atoms with Gasteiger partial charge >= 0.3 is 0 Å². The van der Waals surface area contributed by atoms with E-state index in [1.807, 2.05) is 0 Å². The summed E-state index contributed by atoms with van der Waals surface area (Å²) in [5.41, 5.74) is 0.695. The number of carbonyl (C=O) groups is 1. The van der Waals surface area contributed by atoms with Crippen molar-refractivity contribution in [2.75, 3.05) is 11.5 Å². The first kappa shape index (κ1) is 17.5. The smallest absolute Gasteiger partial charge is 0.251 e. The van der Waals surface area contributed by atoms with E-state index in [1.165, 1.54) is 12.3 Å². The number of halogens is 1. The monoisotopic (exact) mass is 362 g/mol. The van der Waals surface area contributed by atoms with E-state index >= 15 is 0 Å². The van der Waals surface area contributed by atoms with Crippen LogP contribution in [-0.4, -0.2) is 36.4 Å². The van der Waals surface area contributed by atoms with E-state index < -0.39 is 15.4 Å². The van der Waals surface area contributed by atoms with Gasteiger partial charge in [-0.15, -0.1) is 0 Å². The maximum Gasteiger partial charge on any atom is 0.251 e. The number of benzene rings is 1. The van der Waals surface area contributed by atoms with Crippen LogP contribution < -0.4 is 5.32 Å². The van der Waals surface area contributed by atoms with Crippen molar-refractivity contribution in [3.8, 4) is 0 Å². The fraction of sp³-hybridized carbons (Fsp3) is 0.333. The summed E-state index contributed by atoms with van der Waals surface area (Å²) >= 11 is 0. The van der Waals surface area contributed by atoms with Crippen molar-refractivity contribution in [1.82, 2.24) is 10.3 Å². The Morgan fingerprint density at radius 2 is 2.08 bits per heavy atom. The van der Waals surface area contributed by atoms with Crippen LogP contribution in [0.4, 0.5) is 4.39 Å². The zero-order valence-electron chi connectivity index (χ0n) is 13.8. The Hall–Kier alpha value is -2.28. The molecule has 2 aromatic rings. The lowest BCUT2D eigenvalue weighted by molar-refractivity contribution is 0.0915. The number of hydrogen-bond acceptors (Lipinski definition) is 4. The van der Waals surface area contributed by atoms with E-state index in [2.05, 4.69) is 10.3 Å². The van der Waals surface area contributed by atoms with E-state index in [4.69, 9.17) is 0 Å². The first-order valence-corrected chi connectivity index (χ1v) is 9.80. The molecule has 1 amide bonds. The van der Waals surface area contributed by atoms with Gasteiger partial charge in [0, 0.05) is 23.9 Å². The SMILES string of the molecule is C[C@]1(NC(=O)c2ccnc(Cc3ccccc3F)c2)CCS(=O)(=O)C1. The van der Waals surface area contributed by atoms with Gasteiger partial charge in [0.15, 0.2) is 9.84 Å². The quantitative estimate of drug-likeness (QED) is 0.904. The first-order chi connectivity index (χ1) is 11.8. The molecule has 1 aliphatic heterocycles. The van der Waals surface area contributed by atoms with Crippen molar-refractivity contribution in [3.05, 3.63) is 65.2 Å². The molecule has 1 atom stereocenters. The number of hydrogen-bond donors (Lipinski definition) is 1. The first-order valence-electron chi connectivity index (χ1n) is 7.98. The molecule has 0 bridgehead atoms. The predicted molar refractivity (Wildman–Crippen MR) is 92.6 cm³/mol. The second-order valence-electron chi connectivity index (χ2n) is 6.66. The van der Waals surface area contributed by atoms with Crippen LogP contribution >= 0.6 is 0 Å². The Labute approximate surface area is 146 Å². The zero-order valence-corrected chi connectivity index (χ0v) is 14.6. The van der Waals surface area contributed by atoms with Crippen LogP contribution in [0.25, 0.3) is 0 Å². The Bertz CT molecular complexity index is 914. The molecule has 132 valence electrons. The molecule has 1 N–H and O–H groups in total. The summed E-state index contributed by atoms with van der Waals surface area (Å²) < 4.78 is 37.1. The van der Waals surface area contributed by atoms with Gasteiger partial charge in [0.05, 0.1) is 17.0 Å². The van der Waals surface area contributed by atoms with Gasteiger partial charge in [-0.05, 0) is 37.1 Å². The zero-order chi connectivity index (χ0) is 18.1. The third-order valence-electron chi connectivity index (χ3n) is 4.33. The van der Waals surface area contributed by atoms with Gasteiger partial charge in [-0.1, -0.05) is 18.2 Å². The third kappa shape index (κ3) is 4.22. The van der Waals surface area contributed by atoms with Gasteiger partial charge in [0.1, 0.15) is 5.82 Å². The minimum Gasteiger partial charge on any atom is -0.346 e. The molecule has 1 fully saturated rings. The molecule has 1 aliphatic rings. The van der Waals surface area contributed by atoms with E-state index in [0.717, 1.165) is 0 Å². The summed E-state index contributed by atoms with van der Waals surface area (Å²) in [4.78, 5) is 16.7. The van der Waals surface area contributed by atoms with Crippen molar-refractivity contribution in [3.63, 3.8) is 0 Å². The molecule has 0 saturated carbocycles. The number of carbonyl (C=O) groups excluding carboxylic acids is 1. The molecular weight excluding hydrogens is 343 g/mol. The number of nitrogens with one attached hydrogen (secondary N) is 1. The van der Waals surface area contributed by atoms with Crippen LogP contribution in [0.15, 0.2) is 42.6 Å². The Kier molecular flexibility index (Phi) is 4.60. The van der Waals surface area contributed by atoms with Gasteiger partial charge in [-0.25, -0.2) is 12.8 Å². The fourth-order valence-electron chi connectivity index (χ4n) is 3.01. The van der Waals surface area contributed by atoms with Gasteiger partial charge < -0.3 is 5.32 Å². The van der Waals surface area contributed by atoms with Crippen LogP contribution in [0.2, 0.25) is 0 Å². The molecule has 0 aliphatic carbocycles. The topological polar surface area (TPSA) is 76.1 Å². The lowest BCUT2D eigenvalue weighted by atomic mass is 10.0. The summed E-state index contributed by atoms with van der Waals surface area (Å²) in [5, 5.41) is 2.81. The number of pyridine rings is 1. The van der Waals surface area contributed by atoms with Crippen molar-refractivity contribution < 1.29 is 17.6 Å². The minimum atomic E-state index is -3.10. The van der Waals surface area contributed by atoms with Gasteiger partial charge in [0.2, 0.25) is 0 Å². The van der Waals surface area contributed by atoms with Crippen LogP contribution in [0.1, 0.15) is 35.0 Å². The van der Waals surface area contributed by atoms with Gasteiger partial charge in [-0.3, -0.25) is 9.78 Å². The van der Waals surface area contributed by atoms with Crippen molar-refractivity contribution in [1.29, 1.82) is 0 Å². The molecule has 0 spiro atoms. The van der Waals surface area contributed by atoms with Crippen molar-refractivity contribution in [2.24, 2.45) is 0 Å². The average Bonchev–Trinajstić information content (AvgIpc) is 2.83. The standard InChI is InChI=1S/C18H19FN2O3S/c1-18(7-9-25(23,24)12-18)21-17(22)14-6-8-20-15(11-14)10-13-4-2-3-5-16(13)19/h2-6,8,11H,7,9-10,12H2,1H3,(H,21,22)/t18-/m0/s1. The molecule has 1 aromatic heterocycles. The highest BCUT2D eigenvalue weighted by atomic mass is 32.2. The van der Waals surface area contributed by atoms with E-state index in [9.17, 15) is 17.6 Å². The average molecular weight is 362 g/mol. The molecule has 3 rings (SSSR count). The lowest BCUT2D eigenvalue weighted by Crippen LogP contribution is -2.46. The fourth-order valence-corrected chi connectivity index (χ4v) is 5.10. The van der Waals surface area contributed by atoms with Crippen molar-refractivity contribution in [2.45, 2.75) is 25.3 Å². The maximum atomic E-state index is 13.8. The predicted octanol–water partition coefficient (Wildman–Crippen LogP) is 2.12. The highest BCUT2D eigenvalue weighted by molar-refractivity contribution is 7.91. The number of rotatable bonds is 4. The number of aromatic nitrogens is 1.